The van der Waals surface area contributed by atoms with E-state index in [-0.39, 0.29) is 5.75 Å². The van der Waals surface area contributed by atoms with E-state index < -0.39 is 10.5 Å². The van der Waals surface area contributed by atoms with E-state index in [4.69, 9.17) is 0 Å². The lowest BCUT2D eigenvalue weighted by Gasteiger charge is -2.07. The molecule has 1 aromatic heterocycles. The third-order valence-corrected chi connectivity index (χ3v) is 2.18. The molecule has 0 N–H and O–H groups in total. The van der Waals surface area contributed by atoms with Crippen LogP contribution in [0.4, 0.5) is 3.89 Å². The highest BCUT2D eigenvalue weighted by Crippen LogP contribution is 2.23. The number of benzene rings is 1. The largest absolute Gasteiger partial charge is 0.488 e. The summed E-state index contributed by atoms with van der Waals surface area (Å²) in [4.78, 5) is 0. The van der Waals surface area contributed by atoms with Crippen LogP contribution in [0.5, 0.6) is 5.75 Å². The molecule has 2 rings (SSSR count). The van der Waals surface area contributed by atoms with Crippen molar-refractivity contribution in [2.45, 2.75) is 0 Å². The Bertz CT molecular complexity index is 581. The summed E-state index contributed by atoms with van der Waals surface area (Å²) < 4.78 is 38.8. The molecule has 16 heavy (non-hydrogen) atoms. The van der Waals surface area contributed by atoms with Crippen LogP contribution >= 0.6 is 0 Å². The van der Waals surface area contributed by atoms with Crippen LogP contribution in [0, 0.1) is 0 Å². The van der Waals surface area contributed by atoms with Crippen molar-refractivity contribution in [3.63, 3.8) is 0 Å². The number of nitrogens with zero attached hydrogens (tertiary/aromatic N) is 2. The Morgan fingerprint density at radius 2 is 2.00 bits per heavy atom. The predicted molar refractivity (Wildman–Crippen MR) is 54.2 cm³/mol. The molecule has 7 heteroatoms. The standard InChI is InChI=1S/C9H7FN2O3S/c10-16(13,14)15-9-5-2-1-4-8(9)12-7-3-6-11-12/h1-7H. The maximum absolute atomic E-state index is 12.4. The van der Waals surface area contributed by atoms with Crippen molar-refractivity contribution in [2.75, 3.05) is 0 Å². The zero-order chi connectivity index (χ0) is 11.6. The van der Waals surface area contributed by atoms with E-state index in [0.29, 0.717) is 5.69 Å². The zero-order valence-electron chi connectivity index (χ0n) is 7.95. The molecule has 0 unspecified atom stereocenters. The number of hydrogen-bond donors (Lipinski definition) is 0. The topological polar surface area (TPSA) is 61.2 Å². The molecule has 1 aromatic carbocycles. The lowest BCUT2D eigenvalue weighted by Crippen LogP contribution is -2.05. The second-order valence-corrected chi connectivity index (χ2v) is 3.85. The van der Waals surface area contributed by atoms with Gasteiger partial charge in [0.15, 0.2) is 5.75 Å². The second-order valence-electron chi connectivity index (χ2n) is 2.89. The Kier molecular flexibility index (Phi) is 2.61. The van der Waals surface area contributed by atoms with E-state index in [1.165, 1.54) is 23.0 Å². The molecule has 0 radical (unpaired) electrons. The fraction of sp³-hybridized carbons (Fsp3) is 0. The Hall–Kier alpha value is -1.89. The van der Waals surface area contributed by atoms with Crippen LogP contribution in [0.25, 0.3) is 5.69 Å². The van der Waals surface area contributed by atoms with Gasteiger partial charge < -0.3 is 4.18 Å². The third kappa shape index (κ3) is 2.37. The Balaban J connectivity index is 2.47. The number of para-hydroxylation sites is 2. The quantitative estimate of drug-likeness (QED) is 0.764. The Morgan fingerprint density at radius 1 is 1.25 bits per heavy atom. The highest BCUT2D eigenvalue weighted by atomic mass is 32.3. The molecule has 0 bridgehead atoms. The molecular weight excluding hydrogens is 235 g/mol. The van der Waals surface area contributed by atoms with E-state index in [9.17, 15) is 12.3 Å². The van der Waals surface area contributed by atoms with E-state index in [1.807, 2.05) is 0 Å². The monoisotopic (exact) mass is 242 g/mol. The summed E-state index contributed by atoms with van der Waals surface area (Å²) in [6.07, 6.45) is 3.10. The first-order valence-corrected chi connectivity index (χ1v) is 5.60. The van der Waals surface area contributed by atoms with Gasteiger partial charge in [-0.05, 0) is 18.2 Å². The lowest BCUT2D eigenvalue weighted by atomic mass is 10.3. The molecule has 0 aliphatic carbocycles. The van der Waals surface area contributed by atoms with Crippen molar-refractivity contribution < 1.29 is 16.5 Å². The van der Waals surface area contributed by atoms with E-state index in [0.717, 1.165) is 0 Å². The van der Waals surface area contributed by atoms with Crippen molar-refractivity contribution >= 4 is 10.5 Å². The van der Waals surface area contributed by atoms with Crippen molar-refractivity contribution in [3.05, 3.63) is 42.7 Å². The fourth-order valence-corrected chi connectivity index (χ4v) is 1.59. The van der Waals surface area contributed by atoms with Crippen molar-refractivity contribution in [3.8, 4) is 11.4 Å². The Labute approximate surface area is 91.5 Å². The SMILES string of the molecule is O=S(=O)(F)Oc1ccccc1-n1cccn1. The molecule has 0 fully saturated rings. The molecule has 0 aliphatic heterocycles. The van der Waals surface area contributed by atoms with Crippen molar-refractivity contribution in [2.24, 2.45) is 0 Å². The minimum Gasteiger partial charge on any atom is -0.356 e. The highest BCUT2D eigenvalue weighted by Gasteiger charge is 2.14. The van der Waals surface area contributed by atoms with Crippen LogP contribution in [-0.2, 0) is 10.5 Å². The smallest absolute Gasteiger partial charge is 0.356 e. The average molecular weight is 242 g/mol. The van der Waals surface area contributed by atoms with E-state index in [2.05, 4.69) is 9.28 Å². The van der Waals surface area contributed by atoms with E-state index >= 15 is 0 Å². The maximum atomic E-state index is 12.4. The highest BCUT2D eigenvalue weighted by molar-refractivity contribution is 7.81. The van der Waals surface area contributed by atoms with E-state index in [1.54, 1.807) is 24.4 Å². The first kappa shape index (κ1) is 10.6. The Morgan fingerprint density at radius 3 is 2.62 bits per heavy atom. The molecule has 2 aromatic rings. The number of halogens is 1. The molecule has 0 aliphatic rings. The molecule has 0 spiro atoms. The number of hydrogen-bond acceptors (Lipinski definition) is 4. The van der Waals surface area contributed by atoms with Gasteiger partial charge in [-0.25, -0.2) is 4.68 Å². The third-order valence-electron chi connectivity index (χ3n) is 1.81. The normalized spacial score (nSPS) is 11.3. The van der Waals surface area contributed by atoms with Crippen LogP contribution in [0.2, 0.25) is 0 Å². The minimum atomic E-state index is -5.03. The molecule has 0 atom stereocenters. The zero-order valence-corrected chi connectivity index (χ0v) is 8.76. The predicted octanol–water partition coefficient (Wildman–Crippen LogP) is 1.47. The lowest BCUT2D eigenvalue weighted by molar-refractivity contribution is 0.438. The molecular formula is C9H7FN2O3S. The van der Waals surface area contributed by atoms with Gasteiger partial charge in [-0.15, -0.1) is 0 Å². The maximum Gasteiger partial charge on any atom is 0.488 e. The molecule has 5 nitrogen and oxygen atoms in total. The number of aromatic nitrogens is 2. The van der Waals surface area contributed by atoms with Crippen LogP contribution in [-0.4, -0.2) is 18.2 Å². The number of rotatable bonds is 3. The van der Waals surface area contributed by atoms with Crippen molar-refractivity contribution in [1.82, 2.24) is 9.78 Å². The summed E-state index contributed by atoms with van der Waals surface area (Å²) >= 11 is 0. The minimum absolute atomic E-state index is 0.117. The van der Waals surface area contributed by atoms with Gasteiger partial charge in [0.1, 0.15) is 5.69 Å². The summed E-state index contributed by atoms with van der Waals surface area (Å²) in [6.45, 7) is 0. The van der Waals surface area contributed by atoms with Gasteiger partial charge in [0, 0.05) is 12.4 Å². The first-order chi connectivity index (χ1) is 7.56. The average Bonchev–Trinajstić information content (AvgIpc) is 2.69. The van der Waals surface area contributed by atoms with Gasteiger partial charge >= 0.3 is 10.5 Å². The van der Waals surface area contributed by atoms with Gasteiger partial charge in [-0.3, -0.25) is 0 Å². The summed E-state index contributed by atoms with van der Waals surface area (Å²) in [7, 11) is -5.03. The first-order valence-electron chi connectivity index (χ1n) is 4.29. The van der Waals surface area contributed by atoms with Crippen LogP contribution in [0.3, 0.4) is 0 Å². The molecule has 0 amide bonds. The second kappa shape index (κ2) is 3.93. The summed E-state index contributed by atoms with van der Waals surface area (Å²) in [5, 5.41) is 3.90. The molecule has 0 saturated heterocycles. The van der Waals surface area contributed by atoms with Crippen LogP contribution in [0.1, 0.15) is 0 Å². The molecule has 0 saturated carbocycles. The van der Waals surface area contributed by atoms with Gasteiger partial charge in [-0.1, -0.05) is 16.0 Å². The summed E-state index contributed by atoms with van der Waals surface area (Å²) in [6, 6.07) is 7.75. The molecule has 84 valence electrons. The summed E-state index contributed by atoms with van der Waals surface area (Å²) in [5.74, 6) is -0.117. The van der Waals surface area contributed by atoms with Crippen molar-refractivity contribution in [1.29, 1.82) is 0 Å². The van der Waals surface area contributed by atoms with Gasteiger partial charge in [0.25, 0.3) is 0 Å². The van der Waals surface area contributed by atoms with Gasteiger partial charge in [0.2, 0.25) is 0 Å². The fourth-order valence-electron chi connectivity index (χ4n) is 1.24. The van der Waals surface area contributed by atoms with Crippen LogP contribution in [0.15, 0.2) is 42.7 Å². The summed E-state index contributed by atoms with van der Waals surface area (Å²) in [5.41, 5.74) is 0.341. The molecule has 1 heterocycles. The van der Waals surface area contributed by atoms with Crippen LogP contribution < -0.4 is 4.18 Å². The van der Waals surface area contributed by atoms with Gasteiger partial charge in [-0.2, -0.15) is 13.5 Å². The van der Waals surface area contributed by atoms with Gasteiger partial charge in [0.05, 0.1) is 0 Å².